The normalized spacial score (nSPS) is 9.79. The summed E-state index contributed by atoms with van der Waals surface area (Å²) in [5, 5.41) is 0. The van der Waals surface area contributed by atoms with Crippen LogP contribution >= 0.6 is 0 Å². The highest BCUT2D eigenvalue weighted by molar-refractivity contribution is 5.72. The first kappa shape index (κ1) is 10.7. The lowest BCUT2D eigenvalue weighted by Gasteiger charge is -2.02. The third kappa shape index (κ3) is 4.03. The fourth-order valence-electron chi connectivity index (χ4n) is 1.11. The van der Waals surface area contributed by atoms with Crippen LogP contribution in [0.15, 0.2) is 24.5 Å². The molecule has 76 valence electrons. The minimum Gasteiger partial charge on any atom is -0.426 e. The second-order valence-electron chi connectivity index (χ2n) is 3.11. The molecule has 0 aliphatic carbocycles. The minimum absolute atomic E-state index is 0.162. The molecule has 0 radical (unpaired) electrons. The molecule has 14 heavy (non-hydrogen) atoms. The molecule has 0 aromatic carbocycles. The Morgan fingerprint density at radius 1 is 1.36 bits per heavy atom. The van der Waals surface area contributed by atoms with Crippen molar-refractivity contribution >= 4 is 5.97 Å². The fraction of sp³-hybridized carbons (Fsp3) is 0.455. The molecule has 0 fully saturated rings. The van der Waals surface area contributed by atoms with Crippen LogP contribution in [0.1, 0.15) is 32.6 Å². The quantitative estimate of drug-likeness (QED) is 0.533. The number of nitrogens with zero attached hydrogens (tertiary/aromatic N) is 1. The summed E-state index contributed by atoms with van der Waals surface area (Å²) in [6.45, 7) is 2.11. The number of aromatic nitrogens is 1. The summed E-state index contributed by atoms with van der Waals surface area (Å²) in [6, 6.07) is 3.36. The molecule has 0 aliphatic heterocycles. The monoisotopic (exact) mass is 193 g/mol. The van der Waals surface area contributed by atoms with Gasteiger partial charge in [-0.3, -0.25) is 9.78 Å². The third-order valence-corrected chi connectivity index (χ3v) is 1.87. The van der Waals surface area contributed by atoms with Gasteiger partial charge in [-0.25, -0.2) is 0 Å². The van der Waals surface area contributed by atoms with Crippen LogP contribution in [0, 0.1) is 0 Å². The molecule has 0 aliphatic rings. The molecule has 0 spiro atoms. The van der Waals surface area contributed by atoms with Crippen molar-refractivity contribution in [2.75, 3.05) is 0 Å². The van der Waals surface area contributed by atoms with E-state index in [0.29, 0.717) is 12.2 Å². The topological polar surface area (TPSA) is 39.2 Å². The van der Waals surface area contributed by atoms with Gasteiger partial charge in [0, 0.05) is 18.8 Å². The second-order valence-corrected chi connectivity index (χ2v) is 3.11. The van der Waals surface area contributed by atoms with Gasteiger partial charge in [0.05, 0.1) is 0 Å². The predicted molar refractivity (Wildman–Crippen MR) is 54.0 cm³/mol. The van der Waals surface area contributed by atoms with E-state index in [9.17, 15) is 4.79 Å². The number of rotatable bonds is 5. The zero-order chi connectivity index (χ0) is 10.2. The second kappa shape index (κ2) is 6.13. The van der Waals surface area contributed by atoms with Gasteiger partial charge in [0.1, 0.15) is 5.75 Å². The Bertz CT molecular complexity index is 272. The first-order valence-corrected chi connectivity index (χ1v) is 4.93. The van der Waals surface area contributed by atoms with E-state index in [0.717, 1.165) is 19.3 Å². The van der Waals surface area contributed by atoms with Crippen molar-refractivity contribution in [1.29, 1.82) is 0 Å². The van der Waals surface area contributed by atoms with Gasteiger partial charge in [0.15, 0.2) is 0 Å². The highest BCUT2D eigenvalue weighted by atomic mass is 16.5. The zero-order valence-corrected chi connectivity index (χ0v) is 8.40. The van der Waals surface area contributed by atoms with Crippen molar-refractivity contribution in [1.82, 2.24) is 4.98 Å². The smallest absolute Gasteiger partial charge is 0.311 e. The van der Waals surface area contributed by atoms with Crippen molar-refractivity contribution in [3.05, 3.63) is 24.5 Å². The lowest BCUT2D eigenvalue weighted by Crippen LogP contribution is -2.07. The van der Waals surface area contributed by atoms with Crippen molar-refractivity contribution in [3.63, 3.8) is 0 Å². The molecular formula is C11H15NO2. The van der Waals surface area contributed by atoms with Crippen LogP contribution in [-0.2, 0) is 4.79 Å². The Morgan fingerprint density at radius 2 is 2.07 bits per heavy atom. The number of hydrogen-bond donors (Lipinski definition) is 0. The number of esters is 1. The van der Waals surface area contributed by atoms with E-state index in [1.54, 1.807) is 24.5 Å². The van der Waals surface area contributed by atoms with E-state index in [1.807, 2.05) is 0 Å². The molecular weight excluding hydrogens is 178 g/mol. The molecule has 1 aromatic heterocycles. The summed E-state index contributed by atoms with van der Waals surface area (Å²) < 4.78 is 5.08. The lowest BCUT2D eigenvalue weighted by molar-refractivity contribution is -0.134. The number of carbonyl (C=O) groups is 1. The number of carbonyl (C=O) groups excluding carboxylic acids is 1. The molecule has 1 rings (SSSR count). The molecule has 0 amide bonds. The molecule has 1 heterocycles. The molecule has 0 atom stereocenters. The molecule has 3 heteroatoms. The van der Waals surface area contributed by atoms with Gasteiger partial charge in [0.2, 0.25) is 0 Å². The maximum atomic E-state index is 11.2. The fourth-order valence-corrected chi connectivity index (χ4v) is 1.11. The summed E-state index contributed by atoms with van der Waals surface area (Å²) in [6.07, 6.45) is 6.80. The van der Waals surface area contributed by atoms with Crippen molar-refractivity contribution in [2.24, 2.45) is 0 Å². The van der Waals surface area contributed by atoms with Crippen molar-refractivity contribution in [3.8, 4) is 5.75 Å². The summed E-state index contributed by atoms with van der Waals surface area (Å²) in [5.74, 6) is 0.408. The molecule has 1 aromatic rings. The van der Waals surface area contributed by atoms with Crippen LogP contribution in [0.3, 0.4) is 0 Å². The van der Waals surface area contributed by atoms with Crippen LogP contribution in [0.4, 0.5) is 0 Å². The van der Waals surface area contributed by atoms with Gasteiger partial charge in [0.25, 0.3) is 0 Å². The largest absolute Gasteiger partial charge is 0.426 e. The SMILES string of the molecule is CCCCCC(=O)Oc1ccncc1. The Balaban J connectivity index is 2.27. The van der Waals surface area contributed by atoms with Crippen LogP contribution in [0.2, 0.25) is 0 Å². The number of pyridine rings is 1. The van der Waals surface area contributed by atoms with E-state index in [2.05, 4.69) is 11.9 Å². The number of hydrogen-bond acceptors (Lipinski definition) is 3. The van der Waals surface area contributed by atoms with E-state index in [1.165, 1.54) is 0 Å². The maximum Gasteiger partial charge on any atom is 0.311 e. The highest BCUT2D eigenvalue weighted by Crippen LogP contribution is 2.09. The predicted octanol–water partition coefficient (Wildman–Crippen LogP) is 2.57. The first-order chi connectivity index (χ1) is 6.83. The van der Waals surface area contributed by atoms with Crippen LogP contribution in [0.25, 0.3) is 0 Å². The van der Waals surface area contributed by atoms with E-state index < -0.39 is 0 Å². The molecule has 3 nitrogen and oxygen atoms in total. The average molecular weight is 193 g/mol. The van der Waals surface area contributed by atoms with Gasteiger partial charge in [-0.2, -0.15) is 0 Å². The van der Waals surface area contributed by atoms with Crippen molar-refractivity contribution < 1.29 is 9.53 Å². The van der Waals surface area contributed by atoms with E-state index in [4.69, 9.17) is 4.74 Å². The van der Waals surface area contributed by atoms with Crippen molar-refractivity contribution in [2.45, 2.75) is 32.6 Å². The van der Waals surface area contributed by atoms with Gasteiger partial charge < -0.3 is 4.74 Å². The average Bonchev–Trinajstić information content (AvgIpc) is 2.20. The van der Waals surface area contributed by atoms with E-state index in [-0.39, 0.29) is 5.97 Å². The third-order valence-electron chi connectivity index (χ3n) is 1.87. The van der Waals surface area contributed by atoms with Gasteiger partial charge >= 0.3 is 5.97 Å². The maximum absolute atomic E-state index is 11.2. The molecule has 0 unspecified atom stereocenters. The Morgan fingerprint density at radius 3 is 2.71 bits per heavy atom. The number of unbranched alkanes of at least 4 members (excludes halogenated alkanes) is 2. The zero-order valence-electron chi connectivity index (χ0n) is 8.40. The number of ether oxygens (including phenoxy) is 1. The Hall–Kier alpha value is -1.38. The van der Waals surface area contributed by atoms with Crippen LogP contribution < -0.4 is 4.74 Å². The van der Waals surface area contributed by atoms with Gasteiger partial charge in [-0.05, 0) is 18.6 Å². The Kier molecular flexibility index (Phi) is 4.69. The summed E-state index contributed by atoms with van der Waals surface area (Å²) in [4.78, 5) is 15.1. The summed E-state index contributed by atoms with van der Waals surface area (Å²) in [5.41, 5.74) is 0. The van der Waals surface area contributed by atoms with Crippen LogP contribution in [-0.4, -0.2) is 11.0 Å². The summed E-state index contributed by atoms with van der Waals surface area (Å²) in [7, 11) is 0. The van der Waals surface area contributed by atoms with E-state index >= 15 is 0 Å². The lowest BCUT2D eigenvalue weighted by atomic mass is 10.2. The highest BCUT2D eigenvalue weighted by Gasteiger charge is 2.03. The molecule has 0 bridgehead atoms. The molecule has 0 saturated carbocycles. The molecule has 0 saturated heterocycles. The standard InChI is InChI=1S/C11H15NO2/c1-2-3-4-5-11(13)14-10-6-8-12-9-7-10/h6-9H,2-5H2,1H3. The van der Waals surface area contributed by atoms with Crippen LogP contribution in [0.5, 0.6) is 5.75 Å². The molecule has 0 N–H and O–H groups in total. The minimum atomic E-state index is -0.162. The van der Waals surface area contributed by atoms with Gasteiger partial charge in [-0.1, -0.05) is 19.8 Å². The Labute approximate surface area is 84.1 Å². The van der Waals surface area contributed by atoms with Gasteiger partial charge in [-0.15, -0.1) is 0 Å². The summed E-state index contributed by atoms with van der Waals surface area (Å²) >= 11 is 0. The first-order valence-electron chi connectivity index (χ1n) is 4.93.